The molecular weight excluding hydrogens is 235 g/mol. The van der Waals surface area contributed by atoms with E-state index in [1.54, 1.807) is 6.92 Å². The zero-order valence-electron chi connectivity index (χ0n) is 8.86. The van der Waals surface area contributed by atoms with Crippen LogP contribution in [-0.2, 0) is 6.18 Å². The molecule has 0 aliphatic carbocycles. The highest BCUT2D eigenvalue weighted by Crippen LogP contribution is 2.27. The molecule has 0 saturated heterocycles. The van der Waals surface area contributed by atoms with Crippen LogP contribution in [0.5, 0.6) is 0 Å². The average Bonchev–Trinajstić information content (AvgIpc) is 2.64. The summed E-state index contributed by atoms with van der Waals surface area (Å²) in [6.45, 7) is 1.62. The third-order valence-electron chi connectivity index (χ3n) is 1.63. The van der Waals surface area contributed by atoms with Gasteiger partial charge in [-0.1, -0.05) is 0 Å². The van der Waals surface area contributed by atoms with Gasteiger partial charge in [-0.05, 0) is 19.1 Å². The van der Waals surface area contributed by atoms with Crippen molar-refractivity contribution in [2.45, 2.75) is 13.1 Å². The van der Waals surface area contributed by atoms with Gasteiger partial charge in [0, 0.05) is 18.1 Å². The normalized spacial score (nSPS) is 13.3. The number of rotatable bonds is 1. The van der Waals surface area contributed by atoms with E-state index in [1.807, 2.05) is 0 Å². The summed E-state index contributed by atoms with van der Waals surface area (Å²) in [5.41, 5.74) is 4.71. The fourth-order valence-corrected chi connectivity index (χ4v) is 0.878. The molecular formula is C9H10F3N5. The van der Waals surface area contributed by atoms with Crippen molar-refractivity contribution in [1.82, 2.24) is 9.78 Å². The molecule has 0 atom stereocenters. The number of halogens is 3. The van der Waals surface area contributed by atoms with Gasteiger partial charge in [0.2, 0.25) is 5.96 Å². The zero-order chi connectivity index (χ0) is 13.1. The molecule has 1 rings (SSSR count). The van der Waals surface area contributed by atoms with Crippen LogP contribution < -0.4 is 5.73 Å². The first-order valence-corrected chi connectivity index (χ1v) is 4.49. The molecule has 3 N–H and O–H groups in total. The molecule has 0 aliphatic heterocycles. The first kappa shape index (κ1) is 12.9. The van der Waals surface area contributed by atoms with Gasteiger partial charge < -0.3 is 5.73 Å². The lowest BCUT2D eigenvalue weighted by molar-refractivity contribution is -0.141. The first-order valence-electron chi connectivity index (χ1n) is 4.49. The Morgan fingerprint density at radius 3 is 2.71 bits per heavy atom. The smallest absolute Gasteiger partial charge is 0.402 e. The van der Waals surface area contributed by atoms with Crippen molar-refractivity contribution in [3.63, 3.8) is 0 Å². The van der Waals surface area contributed by atoms with E-state index in [0.29, 0.717) is 5.70 Å². The van der Waals surface area contributed by atoms with Gasteiger partial charge in [-0.2, -0.15) is 18.3 Å². The molecule has 0 aromatic carbocycles. The van der Waals surface area contributed by atoms with Crippen LogP contribution >= 0.6 is 0 Å². The monoisotopic (exact) mass is 245 g/mol. The lowest BCUT2D eigenvalue weighted by Crippen LogP contribution is -2.12. The molecule has 8 heteroatoms. The molecule has 0 bridgehead atoms. The highest BCUT2D eigenvalue weighted by atomic mass is 19.4. The van der Waals surface area contributed by atoms with Crippen molar-refractivity contribution in [3.05, 3.63) is 29.7 Å². The number of hydrogen-bond donors (Lipinski definition) is 2. The number of allylic oxidation sites excluding steroid dienone is 2. The standard InChI is InChI=1S/C9H10F3N5/c1-6(13)2-4-15-8(14)17-5-3-7(16-17)9(10,11)12/h2-5,14H,13H2,1H3/b6-2-,14-8?,15-4+. The van der Waals surface area contributed by atoms with Gasteiger partial charge in [0.05, 0.1) is 0 Å². The van der Waals surface area contributed by atoms with Gasteiger partial charge >= 0.3 is 6.18 Å². The Hall–Kier alpha value is -2.12. The Kier molecular flexibility index (Phi) is 3.66. The summed E-state index contributed by atoms with van der Waals surface area (Å²) >= 11 is 0. The lowest BCUT2D eigenvalue weighted by Gasteiger charge is -2.00. The predicted molar refractivity (Wildman–Crippen MR) is 56.8 cm³/mol. The molecule has 0 fully saturated rings. The van der Waals surface area contributed by atoms with E-state index in [0.717, 1.165) is 16.9 Å². The molecule has 0 amide bonds. The Morgan fingerprint density at radius 1 is 1.59 bits per heavy atom. The number of aliphatic imine (C=N–C) groups is 1. The van der Waals surface area contributed by atoms with Crippen LogP contribution in [0.4, 0.5) is 13.2 Å². The van der Waals surface area contributed by atoms with Crippen molar-refractivity contribution in [3.8, 4) is 0 Å². The van der Waals surface area contributed by atoms with E-state index in [-0.39, 0.29) is 0 Å². The molecule has 0 spiro atoms. The molecule has 0 saturated carbocycles. The second-order valence-electron chi connectivity index (χ2n) is 3.16. The second-order valence-corrected chi connectivity index (χ2v) is 3.16. The third-order valence-corrected chi connectivity index (χ3v) is 1.63. The summed E-state index contributed by atoms with van der Waals surface area (Å²) < 4.78 is 37.4. The minimum Gasteiger partial charge on any atom is -0.402 e. The minimum absolute atomic E-state index is 0.432. The molecule has 92 valence electrons. The fraction of sp³-hybridized carbons (Fsp3) is 0.222. The van der Waals surface area contributed by atoms with Crippen LogP contribution in [-0.4, -0.2) is 22.0 Å². The Morgan fingerprint density at radius 2 is 2.24 bits per heavy atom. The highest BCUT2D eigenvalue weighted by Gasteiger charge is 2.33. The molecule has 1 heterocycles. The molecule has 5 nitrogen and oxygen atoms in total. The number of nitrogens with zero attached hydrogens (tertiary/aromatic N) is 3. The van der Waals surface area contributed by atoms with Crippen molar-refractivity contribution in [1.29, 1.82) is 5.41 Å². The van der Waals surface area contributed by atoms with Crippen LogP contribution in [0.3, 0.4) is 0 Å². The van der Waals surface area contributed by atoms with E-state index >= 15 is 0 Å². The summed E-state index contributed by atoms with van der Waals surface area (Å²) in [7, 11) is 0. The lowest BCUT2D eigenvalue weighted by atomic mass is 10.4. The number of aromatic nitrogens is 2. The SMILES string of the molecule is C/C(N)=C/C=N/C(=N)n1ccc(C(F)(F)F)n1. The van der Waals surface area contributed by atoms with Crippen molar-refractivity contribution in [2.24, 2.45) is 10.7 Å². The highest BCUT2D eigenvalue weighted by molar-refractivity contribution is 5.89. The third kappa shape index (κ3) is 3.74. The van der Waals surface area contributed by atoms with Gasteiger partial charge in [0.15, 0.2) is 5.69 Å². The summed E-state index contributed by atoms with van der Waals surface area (Å²) in [6, 6.07) is 0.772. The van der Waals surface area contributed by atoms with Crippen LogP contribution in [0.2, 0.25) is 0 Å². The number of alkyl halides is 3. The molecule has 17 heavy (non-hydrogen) atoms. The number of nitrogens with one attached hydrogen (secondary N) is 1. The topological polar surface area (TPSA) is 80.0 Å². The summed E-state index contributed by atoms with van der Waals surface area (Å²) in [6.07, 6.45) is -0.875. The van der Waals surface area contributed by atoms with E-state index in [1.165, 1.54) is 12.3 Å². The molecule has 1 aromatic heterocycles. The van der Waals surface area contributed by atoms with Gasteiger partial charge in [0.1, 0.15) is 0 Å². The Balaban J connectivity index is 2.81. The molecule has 1 aromatic rings. The number of nitrogens with two attached hydrogens (primary N) is 1. The van der Waals surface area contributed by atoms with Gasteiger partial charge in [0.25, 0.3) is 0 Å². The maximum absolute atomic E-state index is 12.2. The number of hydrogen-bond acceptors (Lipinski definition) is 3. The van der Waals surface area contributed by atoms with Crippen LogP contribution in [0.15, 0.2) is 29.0 Å². The predicted octanol–water partition coefficient (Wildman–Crippen LogP) is 1.62. The van der Waals surface area contributed by atoms with E-state index < -0.39 is 17.8 Å². The molecule has 0 aliphatic rings. The van der Waals surface area contributed by atoms with Gasteiger partial charge in [-0.3, -0.25) is 5.41 Å². The van der Waals surface area contributed by atoms with Crippen molar-refractivity contribution < 1.29 is 13.2 Å². The Bertz CT molecular complexity index is 465. The van der Waals surface area contributed by atoms with E-state index in [2.05, 4.69) is 10.1 Å². The summed E-state index contributed by atoms with van der Waals surface area (Å²) in [4.78, 5) is 3.56. The van der Waals surface area contributed by atoms with Crippen LogP contribution in [0.25, 0.3) is 0 Å². The van der Waals surface area contributed by atoms with Gasteiger partial charge in [-0.25, -0.2) is 9.67 Å². The van der Waals surface area contributed by atoms with Gasteiger partial charge in [-0.15, -0.1) is 0 Å². The van der Waals surface area contributed by atoms with Crippen molar-refractivity contribution in [2.75, 3.05) is 0 Å². The Labute approximate surface area is 95.0 Å². The largest absolute Gasteiger partial charge is 0.435 e. The maximum Gasteiger partial charge on any atom is 0.435 e. The fourth-order valence-electron chi connectivity index (χ4n) is 0.878. The maximum atomic E-state index is 12.2. The first-order chi connectivity index (χ1) is 7.80. The second kappa shape index (κ2) is 4.81. The van der Waals surface area contributed by atoms with E-state index in [9.17, 15) is 13.2 Å². The van der Waals surface area contributed by atoms with Crippen LogP contribution in [0.1, 0.15) is 12.6 Å². The average molecular weight is 245 g/mol. The summed E-state index contributed by atoms with van der Waals surface area (Å²) in [5, 5.41) is 10.5. The van der Waals surface area contributed by atoms with Crippen LogP contribution in [0, 0.1) is 5.41 Å². The van der Waals surface area contributed by atoms with Crippen molar-refractivity contribution >= 4 is 12.2 Å². The summed E-state index contributed by atoms with van der Waals surface area (Å²) in [5.74, 6) is -0.432. The molecule has 0 radical (unpaired) electrons. The zero-order valence-corrected chi connectivity index (χ0v) is 8.86. The minimum atomic E-state index is -4.52. The quantitative estimate of drug-likeness (QED) is 0.582. The molecule has 0 unspecified atom stereocenters. The van der Waals surface area contributed by atoms with E-state index in [4.69, 9.17) is 11.1 Å².